The van der Waals surface area contributed by atoms with Gasteiger partial charge in [0.25, 0.3) is 5.91 Å². The number of rotatable bonds is 4. The number of thiophene rings is 1. The average Bonchev–Trinajstić information content (AvgIpc) is 3.28. The Hall–Kier alpha value is -2.14. The first-order valence-electron chi connectivity index (χ1n) is 8.73. The van der Waals surface area contributed by atoms with E-state index in [0.29, 0.717) is 12.8 Å². The van der Waals surface area contributed by atoms with Crippen LogP contribution in [0.1, 0.15) is 40.1 Å². The van der Waals surface area contributed by atoms with Crippen LogP contribution in [-0.4, -0.2) is 28.8 Å². The van der Waals surface area contributed by atoms with E-state index in [1.54, 1.807) is 0 Å². The second kappa shape index (κ2) is 5.99. The summed E-state index contributed by atoms with van der Waals surface area (Å²) in [4.78, 5) is 28.4. The summed E-state index contributed by atoms with van der Waals surface area (Å²) in [5.41, 5.74) is 7.37. The molecule has 0 aliphatic carbocycles. The van der Waals surface area contributed by atoms with Crippen LogP contribution in [0.5, 0.6) is 0 Å². The minimum atomic E-state index is -0.648. The first-order valence-corrected chi connectivity index (χ1v) is 9.61. The molecule has 2 aliphatic rings. The van der Waals surface area contributed by atoms with Gasteiger partial charge in [0.2, 0.25) is 5.91 Å². The molecule has 2 bridgehead atoms. The van der Waals surface area contributed by atoms with Gasteiger partial charge in [0.05, 0.1) is 10.3 Å². The molecule has 0 saturated carbocycles. The second-order valence-electron chi connectivity index (χ2n) is 7.28. The Labute approximate surface area is 151 Å². The maximum absolute atomic E-state index is 13.1. The molecule has 3 atom stereocenters. The third-order valence-electron chi connectivity index (χ3n) is 5.88. The highest BCUT2D eigenvalue weighted by Gasteiger charge is 2.60. The fourth-order valence-corrected chi connectivity index (χ4v) is 5.57. The van der Waals surface area contributed by atoms with Gasteiger partial charge in [0.1, 0.15) is 0 Å². The van der Waals surface area contributed by atoms with Gasteiger partial charge in [-0.1, -0.05) is 30.3 Å². The lowest BCUT2D eigenvalue weighted by Gasteiger charge is -2.34. The van der Waals surface area contributed by atoms with E-state index in [0.717, 1.165) is 28.8 Å². The molecule has 2 amide bonds. The van der Waals surface area contributed by atoms with Crippen molar-refractivity contribution in [3.8, 4) is 0 Å². The zero-order chi connectivity index (χ0) is 17.6. The Morgan fingerprint density at radius 1 is 1.24 bits per heavy atom. The molecule has 0 spiro atoms. The molecule has 1 aromatic heterocycles. The molecule has 1 aromatic carbocycles. The van der Waals surface area contributed by atoms with Crippen LogP contribution in [0.2, 0.25) is 0 Å². The highest BCUT2D eigenvalue weighted by atomic mass is 32.1. The highest BCUT2D eigenvalue weighted by Crippen LogP contribution is 2.52. The van der Waals surface area contributed by atoms with Gasteiger partial charge in [-0.05, 0) is 55.2 Å². The number of primary amides is 1. The molecule has 2 aliphatic heterocycles. The molecule has 0 unspecified atom stereocenters. The number of benzene rings is 1. The molecule has 2 fully saturated rings. The van der Waals surface area contributed by atoms with Crippen molar-refractivity contribution in [3.63, 3.8) is 0 Å². The molecule has 2 N–H and O–H groups in total. The molecule has 5 heteroatoms. The van der Waals surface area contributed by atoms with E-state index in [1.165, 1.54) is 11.3 Å². The van der Waals surface area contributed by atoms with Gasteiger partial charge in [-0.3, -0.25) is 9.59 Å². The molecule has 130 valence electrons. The van der Waals surface area contributed by atoms with Crippen LogP contribution >= 0.6 is 11.3 Å². The number of hydrogen-bond donors (Lipinski definition) is 1. The topological polar surface area (TPSA) is 63.4 Å². The van der Waals surface area contributed by atoms with Crippen molar-refractivity contribution in [2.75, 3.05) is 0 Å². The largest absolute Gasteiger partial charge is 0.369 e. The van der Waals surface area contributed by atoms with E-state index in [1.807, 2.05) is 53.6 Å². The molecule has 2 saturated heterocycles. The molecular formula is C20H22N2O2S. The van der Waals surface area contributed by atoms with Crippen LogP contribution in [0.4, 0.5) is 0 Å². The monoisotopic (exact) mass is 354 g/mol. The smallest absolute Gasteiger partial charge is 0.264 e. The van der Waals surface area contributed by atoms with Gasteiger partial charge in [-0.15, -0.1) is 11.3 Å². The minimum Gasteiger partial charge on any atom is -0.369 e. The normalized spacial score (nSPS) is 27.6. The van der Waals surface area contributed by atoms with Crippen LogP contribution in [0.3, 0.4) is 0 Å². The fourth-order valence-electron chi connectivity index (χ4n) is 4.70. The molecule has 4 rings (SSSR count). The Morgan fingerprint density at radius 3 is 2.64 bits per heavy atom. The molecular weight excluding hydrogens is 332 g/mol. The summed E-state index contributed by atoms with van der Waals surface area (Å²) in [7, 11) is 0. The summed E-state index contributed by atoms with van der Waals surface area (Å²) >= 11 is 1.48. The summed E-state index contributed by atoms with van der Waals surface area (Å²) in [5, 5.41) is 1.95. The highest BCUT2D eigenvalue weighted by molar-refractivity contribution is 7.12. The quantitative estimate of drug-likeness (QED) is 0.917. The summed E-state index contributed by atoms with van der Waals surface area (Å²) in [6, 6.07) is 12.0. The van der Waals surface area contributed by atoms with E-state index in [4.69, 9.17) is 5.73 Å². The number of carbonyl (C=O) groups is 2. The van der Waals surface area contributed by atoms with Crippen molar-refractivity contribution in [3.05, 3.63) is 57.8 Å². The average molecular weight is 354 g/mol. The molecule has 25 heavy (non-hydrogen) atoms. The van der Waals surface area contributed by atoms with Crippen molar-refractivity contribution in [2.24, 2.45) is 11.1 Å². The number of hydrogen-bond acceptors (Lipinski definition) is 3. The molecule has 4 nitrogen and oxygen atoms in total. The summed E-state index contributed by atoms with van der Waals surface area (Å²) < 4.78 is 0. The van der Waals surface area contributed by atoms with Crippen molar-refractivity contribution < 1.29 is 9.59 Å². The third kappa shape index (κ3) is 2.49. The maximum Gasteiger partial charge on any atom is 0.264 e. The van der Waals surface area contributed by atoms with Crippen LogP contribution in [0, 0.1) is 12.3 Å². The first kappa shape index (κ1) is 16.3. The number of aryl methyl sites for hydroxylation is 1. The summed E-state index contributed by atoms with van der Waals surface area (Å²) in [6.45, 7) is 1.97. The van der Waals surface area contributed by atoms with Gasteiger partial charge in [-0.2, -0.15) is 0 Å². The van der Waals surface area contributed by atoms with Crippen LogP contribution in [0.25, 0.3) is 0 Å². The van der Waals surface area contributed by atoms with E-state index in [9.17, 15) is 9.59 Å². The second-order valence-corrected chi connectivity index (χ2v) is 8.20. The Kier molecular flexibility index (Phi) is 3.91. The summed E-state index contributed by atoms with van der Waals surface area (Å²) in [6.07, 6.45) is 3.11. The maximum atomic E-state index is 13.1. The number of nitrogens with two attached hydrogens (primary N) is 1. The van der Waals surface area contributed by atoms with Gasteiger partial charge >= 0.3 is 0 Å². The number of fused-ring (bicyclic) bond motifs is 2. The van der Waals surface area contributed by atoms with Crippen LogP contribution in [0.15, 0.2) is 41.8 Å². The first-order chi connectivity index (χ1) is 12.0. The van der Waals surface area contributed by atoms with Crippen LogP contribution < -0.4 is 5.73 Å². The van der Waals surface area contributed by atoms with Gasteiger partial charge in [-0.25, -0.2) is 0 Å². The Bertz CT molecular complexity index is 816. The van der Waals surface area contributed by atoms with Crippen molar-refractivity contribution >= 4 is 23.2 Å². The number of amides is 2. The van der Waals surface area contributed by atoms with Gasteiger partial charge in [0.15, 0.2) is 0 Å². The lowest BCUT2D eigenvalue weighted by molar-refractivity contribution is -0.129. The fraction of sp³-hybridized carbons (Fsp3) is 0.400. The predicted octanol–water partition coefficient (Wildman–Crippen LogP) is 3.15. The standard InChI is InChI=1S/C20H22N2O2S/c1-13-9-10-25-17(13)18(23)22-15-7-8-16(22)20(12-15,19(21)24)11-14-5-3-2-4-6-14/h2-6,9-10,15-16H,7-8,11-12H2,1H3,(H2,21,24)/t15-,16+,20+/m0/s1. The predicted molar refractivity (Wildman–Crippen MR) is 98.4 cm³/mol. The van der Waals surface area contributed by atoms with E-state index >= 15 is 0 Å². The zero-order valence-corrected chi connectivity index (χ0v) is 15.1. The zero-order valence-electron chi connectivity index (χ0n) is 14.3. The molecule has 2 aromatic rings. The lowest BCUT2D eigenvalue weighted by atomic mass is 9.69. The van der Waals surface area contributed by atoms with E-state index < -0.39 is 5.41 Å². The van der Waals surface area contributed by atoms with Crippen LogP contribution in [-0.2, 0) is 11.2 Å². The SMILES string of the molecule is Cc1ccsc1C(=O)N1[C@H]2CC[C@@H]1[C@](Cc1ccccc1)(C(N)=O)C2. The van der Waals surface area contributed by atoms with Crippen molar-refractivity contribution in [1.29, 1.82) is 0 Å². The van der Waals surface area contributed by atoms with Crippen molar-refractivity contribution in [2.45, 2.75) is 44.7 Å². The number of carbonyl (C=O) groups excluding carboxylic acids is 2. The molecule has 3 heterocycles. The molecule has 0 radical (unpaired) electrons. The van der Waals surface area contributed by atoms with Gasteiger partial charge in [0, 0.05) is 12.1 Å². The van der Waals surface area contributed by atoms with Crippen molar-refractivity contribution in [1.82, 2.24) is 4.90 Å². The lowest BCUT2D eigenvalue weighted by Crippen LogP contribution is -2.49. The Morgan fingerprint density at radius 2 is 2.00 bits per heavy atom. The minimum absolute atomic E-state index is 0.0659. The summed E-state index contributed by atoms with van der Waals surface area (Å²) in [5.74, 6) is -0.208. The number of nitrogens with zero attached hydrogens (tertiary/aromatic N) is 1. The third-order valence-corrected chi connectivity index (χ3v) is 6.89. The van der Waals surface area contributed by atoms with E-state index in [2.05, 4.69) is 0 Å². The van der Waals surface area contributed by atoms with E-state index in [-0.39, 0.29) is 23.9 Å². The Balaban J connectivity index is 1.68. The van der Waals surface area contributed by atoms with Gasteiger partial charge < -0.3 is 10.6 Å².